The first-order valence-corrected chi connectivity index (χ1v) is 11.3. The number of rotatable bonds is 8. The third kappa shape index (κ3) is 5.58. The van der Waals surface area contributed by atoms with Gasteiger partial charge in [-0.1, -0.05) is 29.5 Å². The van der Waals surface area contributed by atoms with Crippen LogP contribution in [0.25, 0.3) is 10.2 Å². The van der Waals surface area contributed by atoms with Crippen molar-refractivity contribution < 1.29 is 18.7 Å². The van der Waals surface area contributed by atoms with E-state index in [0.29, 0.717) is 22.9 Å². The number of amides is 1. The Hall–Kier alpha value is -2.55. The number of ether oxygens (including phenoxy) is 2. The first-order chi connectivity index (χ1) is 15.1. The lowest BCUT2D eigenvalue weighted by atomic mass is 10.2. The van der Waals surface area contributed by atoms with Crippen molar-refractivity contribution >= 4 is 32.6 Å². The van der Waals surface area contributed by atoms with Gasteiger partial charge in [0.25, 0.3) is 5.91 Å². The Kier molecular flexibility index (Phi) is 7.11. The molecule has 8 heteroatoms. The first kappa shape index (κ1) is 21.7. The van der Waals surface area contributed by atoms with E-state index >= 15 is 0 Å². The monoisotopic (exact) mass is 443 g/mol. The van der Waals surface area contributed by atoms with E-state index < -0.39 is 0 Å². The number of fused-ring (bicyclic) bond motifs is 1. The van der Waals surface area contributed by atoms with Gasteiger partial charge in [-0.3, -0.25) is 14.6 Å². The number of carbonyl (C=O) groups excluding carboxylic acids is 1. The lowest BCUT2D eigenvalue weighted by Gasteiger charge is -2.27. The number of anilines is 1. The Morgan fingerprint density at radius 1 is 1.26 bits per heavy atom. The highest BCUT2D eigenvalue weighted by molar-refractivity contribution is 7.22. The van der Waals surface area contributed by atoms with Crippen LogP contribution in [0.4, 0.5) is 9.52 Å². The van der Waals surface area contributed by atoms with Crippen molar-refractivity contribution in [3.05, 3.63) is 53.8 Å². The van der Waals surface area contributed by atoms with Crippen LogP contribution in [-0.2, 0) is 9.53 Å². The second-order valence-electron chi connectivity index (χ2n) is 7.52. The number of para-hydroxylation sites is 1. The summed E-state index contributed by atoms with van der Waals surface area (Å²) in [7, 11) is 0. The molecule has 1 amide bonds. The molecule has 6 nitrogen and oxygen atoms in total. The van der Waals surface area contributed by atoms with Crippen molar-refractivity contribution in [3.63, 3.8) is 0 Å². The molecule has 0 aliphatic carbocycles. The van der Waals surface area contributed by atoms with Crippen molar-refractivity contribution in [3.8, 4) is 5.75 Å². The summed E-state index contributed by atoms with van der Waals surface area (Å²) < 4.78 is 25.5. The second-order valence-corrected chi connectivity index (χ2v) is 8.52. The second kappa shape index (κ2) is 10.2. The number of hydrogen-bond acceptors (Lipinski definition) is 6. The van der Waals surface area contributed by atoms with Gasteiger partial charge in [0, 0.05) is 26.2 Å². The molecule has 4 rings (SSSR count). The van der Waals surface area contributed by atoms with E-state index in [4.69, 9.17) is 9.47 Å². The summed E-state index contributed by atoms with van der Waals surface area (Å²) in [6, 6.07) is 12.1. The average molecular weight is 444 g/mol. The molecule has 3 aromatic rings. The number of aryl methyl sites for hydroxylation is 1. The van der Waals surface area contributed by atoms with Crippen LogP contribution in [0.15, 0.2) is 42.5 Å². The van der Waals surface area contributed by atoms with E-state index in [0.717, 1.165) is 49.5 Å². The topological polar surface area (TPSA) is 54.9 Å². The molecule has 0 spiro atoms. The van der Waals surface area contributed by atoms with Crippen LogP contribution in [0, 0.1) is 12.7 Å². The molecule has 0 N–H and O–H groups in total. The summed E-state index contributed by atoms with van der Waals surface area (Å²) in [4.78, 5) is 21.7. The quantitative estimate of drug-likeness (QED) is 0.529. The molecule has 164 valence electrons. The normalized spacial score (nSPS) is 14.6. The maximum Gasteiger partial charge on any atom is 0.266 e. The van der Waals surface area contributed by atoms with Crippen molar-refractivity contribution in [2.75, 3.05) is 50.9 Å². The molecular weight excluding hydrogens is 417 g/mol. The molecule has 1 aliphatic heterocycles. The Morgan fingerprint density at radius 2 is 2.06 bits per heavy atom. The Bertz CT molecular complexity index is 1040. The zero-order valence-corrected chi connectivity index (χ0v) is 18.4. The van der Waals surface area contributed by atoms with Crippen LogP contribution in [0.1, 0.15) is 12.0 Å². The fourth-order valence-corrected chi connectivity index (χ4v) is 4.58. The smallest absolute Gasteiger partial charge is 0.266 e. The zero-order valence-electron chi connectivity index (χ0n) is 17.6. The van der Waals surface area contributed by atoms with Crippen molar-refractivity contribution in [1.29, 1.82) is 0 Å². The molecule has 1 saturated heterocycles. The Morgan fingerprint density at radius 3 is 2.87 bits per heavy atom. The third-order valence-corrected chi connectivity index (χ3v) is 6.32. The molecule has 31 heavy (non-hydrogen) atoms. The van der Waals surface area contributed by atoms with Gasteiger partial charge in [-0.15, -0.1) is 0 Å². The number of benzene rings is 2. The maximum absolute atomic E-state index is 13.6. The van der Waals surface area contributed by atoms with Crippen LogP contribution in [0.5, 0.6) is 5.75 Å². The largest absolute Gasteiger partial charge is 0.483 e. The average Bonchev–Trinajstić information content (AvgIpc) is 3.19. The van der Waals surface area contributed by atoms with E-state index in [9.17, 15) is 9.18 Å². The molecule has 2 heterocycles. The zero-order chi connectivity index (χ0) is 21.6. The number of morpholine rings is 1. The minimum absolute atomic E-state index is 0.0767. The molecule has 0 atom stereocenters. The highest BCUT2D eigenvalue weighted by Crippen LogP contribution is 2.30. The van der Waals surface area contributed by atoms with Gasteiger partial charge in [0.1, 0.15) is 11.6 Å². The fourth-order valence-electron chi connectivity index (χ4n) is 3.54. The van der Waals surface area contributed by atoms with Crippen LogP contribution in [-0.4, -0.2) is 61.8 Å². The molecule has 0 radical (unpaired) electrons. The highest BCUT2D eigenvalue weighted by atomic mass is 32.1. The summed E-state index contributed by atoms with van der Waals surface area (Å²) in [5.74, 6) is 0.219. The van der Waals surface area contributed by atoms with Gasteiger partial charge in [0.15, 0.2) is 11.7 Å². The summed E-state index contributed by atoms with van der Waals surface area (Å²) in [5, 5.41) is 0.570. The molecule has 1 fully saturated rings. The molecule has 2 aromatic carbocycles. The highest BCUT2D eigenvalue weighted by Gasteiger charge is 2.21. The fraction of sp³-hybridized carbons (Fsp3) is 0.391. The van der Waals surface area contributed by atoms with E-state index in [2.05, 4.69) is 9.88 Å². The van der Waals surface area contributed by atoms with Gasteiger partial charge in [-0.2, -0.15) is 0 Å². The van der Waals surface area contributed by atoms with Crippen LogP contribution < -0.4 is 9.64 Å². The van der Waals surface area contributed by atoms with Gasteiger partial charge in [0.05, 0.1) is 23.4 Å². The molecule has 0 unspecified atom stereocenters. The van der Waals surface area contributed by atoms with Crippen molar-refractivity contribution in [2.24, 2.45) is 0 Å². The van der Waals surface area contributed by atoms with Gasteiger partial charge < -0.3 is 9.47 Å². The SMILES string of the molecule is Cc1ccccc1OCC(=O)N(CCCN1CCOCC1)c1nc2ccc(F)cc2s1. The minimum atomic E-state index is -0.309. The van der Waals surface area contributed by atoms with E-state index in [1.54, 1.807) is 11.0 Å². The molecule has 0 saturated carbocycles. The summed E-state index contributed by atoms with van der Waals surface area (Å²) >= 11 is 1.32. The number of aromatic nitrogens is 1. The van der Waals surface area contributed by atoms with Crippen LogP contribution in [0.2, 0.25) is 0 Å². The van der Waals surface area contributed by atoms with Crippen LogP contribution in [0.3, 0.4) is 0 Å². The molecule has 1 aliphatic rings. The number of halogens is 1. The molecular formula is C23H26FN3O3S. The number of carbonyl (C=O) groups is 1. The number of nitrogens with zero attached hydrogens (tertiary/aromatic N) is 3. The number of thiazole rings is 1. The van der Waals surface area contributed by atoms with Crippen LogP contribution >= 0.6 is 11.3 Å². The predicted octanol–water partition coefficient (Wildman–Crippen LogP) is 3.88. The Labute approximate surface area is 185 Å². The summed E-state index contributed by atoms with van der Waals surface area (Å²) in [6.45, 7) is 6.58. The van der Waals surface area contributed by atoms with E-state index in [-0.39, 0.29) is 18.3 Å². The van der Waals surface area contributed by atoms with Crippen molar-refractivity contribution in [2.45, 2.75) is 13.3 Å². The molecule has 0 bridgehead atoms. The minimum Gasteiger partial charge on any atom is -0.483 e. The summed E-state index contributed by atoms with van der Waals surface area (Å²) in [6.07, 6.45) is 0.806. The van der Waals surface area contributed by atoms with Gasteiger partial charge in [-0.25, -0.2) is 9.37 Å². The predicted molar refractivity (Wildman–Crippen MR) is 120 cm³/mol. The first-order valence-electron chi connectivity index (χ1n) is 10.4. The molecule has 1 aromatic heterocycles. The van der Waals surface area contributed by atoms with Crippen molar-refractivity contribution in [1.82, 2.24) is 9.88 Å². The third-order valence-electron chi connectivity index (χ3n) is 5.28. The van der Waals surface area contributed by atoms with Gasteiger partial charge >= 0.3 is 0 Å². The van der Waals surface area contributed by atoms with E-state index in [1.165, 1.54) is 23.5 Å². The number of hydrogen-bond donors (Lipinski definition) is 0. The standard InChI is InChI=1S/C23H26FN3O3S/c1-17-5-2-3-6-20(17)30-16-22(28)27(10-4-9-26-11-13-29-14-12-26)23-25-19-8-7-18(24)15-21(19)31-23/h2-3,5-8,15H,4,9-14,16H2,1H3. The van der Waals surface area contributed by atoms with Gasteiger partial charge in [0.2, 0.25) is 0 Å². The van der Waals surface area contributed by atoms with E-state index in [1.807, 2.05) is 31.2 Å². The Balaban J connectivity index is 1.47. The van der Waals surface area contributed by atoms with Gasteiger partial charge in [-0.05, 0) is 43.2 Å². The lowest BCUT2D eigenvalue weighted by Crippen LogP contribution is -2.40. The summed E-state index contributed by atoms with van der Waals surface area (Å²) in [5.41, 5.74) is 1.66. The lowest BCUT2D eigenvalue weighted by molar-refractivity contribution is -0.120. The maximum atomic E-state index is 13.6.